The number of nitrogens with zero attached hydrogens (tertiary/aromatic N) is 1. The summed E-state index contributed by atoms with van der Waals surface area (Å²) in [5, 5.41) is 10.3. The van der Waals surface area contributed by atoms with Gasteiger partial charge in [0.2, 0.25) is 5.91 Å². The van der Waals surface area contributed by atoms with E-state index in [4.69, 9.17) is 0 Å². The quantitative estimate of drug-likeness (QED) is 0.750. The zero-order valence-corrected chi connectivity index (χ0v) is 15.3. The van der Waals surface area contributed by atoms with Crippen LogP contribution in [0.3, 0.4) is 0 Å². The third kappa shape index (κ3) is 2.61. The van der Waals surface area contributed by atoms with Gasteiger partial charge in [-0.1, -0.05) is 30.4 Å². The number of benzene rings is 1. The van der Waals surface area contributed by atoms with Crippen LogP contribution in [-0.2, 0) is 16.0 Å². The lowest BCUT2D eigenvalue weighted by molar-refractivity contribution is -0.197. The molecule has 0 spiro atoms. The molecule has 2 bridgehead atoms. The molecule has 8 heteroatoms. The summed E-state index contributed by atoms with van der Waals surface area (Å²) >= 11 is 0. The minimum absolute atomic E-state index is 0.0103. The number of fused-ring (bicyclic) bond motifs is 5. The van der Waals surface area contributed by atoms with E-state index in [9.17, 15) is 27.9 Å². The lowest BCUT2D eigenvalue weighted by atomic mass is 9.81. The molecule has 0 unspecified atom stereocenters. The molecule has 5 rings (SSSR count). The van der Waals surface area contributed by atoms with Gasteiger partial charge in [0.15, 0.2) is 6.04 Å². The first-order valence-electron chi connectivity index (χ1n) is 9.65. The Kier molecular flexibility index (Phi) is 3.85. The number of nitrogens with one attached hydrogen (secondary N) is 1. The number of halogens is 3. The molecule has 1 amide bonds. The van der Waals surface area contributed by atoms with E-state index in [0.29, 0.717) is 23.9 Å². The number of alkyl halides is 3. The number of carboxylic acid groups (broad SMARTS) is 1. The van der Waals surface area contributed by atoms with Gasteiger partial charge in [-0.3, -0.25) is 9.59 Å². The largest absolute Gasteiger partial charge is 0.481 e. The average molecular weight is 404 g/mol. The molecule has 0 radical (unpaired) electrons. The highest BCUT2D eigenvalue weighted by Gasteiger charge is 2.57. The number of amides is 1. The van der Waals surface area contributed by atoms with Crippen LogP contribution in [0.2, 0.25) is 0 Å². The molecule has 2 aliphatic carbocycles. The van der Waals surface area contributed by atoms with E-state index in [0.717, 1.165) is 10.3 Å². The zero-order chi connectivity index (χ0) is 20.5. The normalized spacial score (nSPS) is 30.7. The number of aliphatic carboxylic acids is 1. The summed E-state index contributed by atoms with van der Waals surface area (Å²) in [4.78, 5) is 28.8. The average Bonchev–Trinajstić information content (AvgIpc) is 3.37. The fraction of sp³-hybridized carbons (Fsp3) is 0.429. The highest BCUT2D eigenvalue weighted by atomic mass is 19.4. The van der Waals surface area contributed by atoms with Gasteiger partial charge in [-0.25, -0.2) is 0 Å². The van der Waals surface area contributed by atoms with Crippen molar-refractivity contribution in [2.45, 2.75) is 25.1 Å². The number of carbonyl (C=O) groups is 2. The third-order valence-corrected chi connectivity index (χ3v) is 6.66. The maximum absolute atomic E-state index is 14.1. The molecular formula is C21H19F3N2O3. The van der Waals surface area contributed by atoms with Crippen molar-refractivity contribution >= 4 is 22.8 Å². The monoisotopic (exact) mass is 404 g/mol. The number of carboxylic acids is 1. The van der Waals surface area contributed by atoms with Crippen LogP contribution in [0.1, 0.15) is 23.7 Å². The first-order valence-corrected chi connectivity index (χ1v) is 9.65. The third-order valence-electron chi connectivity index (χ3n) is 6.66. The van der Waals surface area contributed by atoms with Gasteiger partial charge in [-0.05, 0) is 36.3 Å². The van der Waals surface area contributed by atoms with Gasteiger partial charge >= 0.3 is 12.1 Å². The van der Waals surface area contributed by atoms with E-state index in [2.05, 4.69) is 4.98 Å². The number of para-hydroxylation sites is 1. The number of carbonyl (C=O) groups excluding carboxylic acids is 1. The maximum atomic E-state index is 14.1. The summed E-state index contributed by atoms with van der Waals surface area (Å²) in [7, 11) is 0. The van der Waals surface area contributed by atoms with Gasteiger partial charge in [0.1, 0.15) is 0 Å². The summed E-state index contributed by atoms with van der Waals surface area (Å²) in [6.45, 7) is -0.0815. The number of H-pyrrole nitrogens is 1. The Morgan fingerprint density at radius 3 is 2.48 bits per heavy atom. The van der Waals surface area contributed by atoms with Gasteiger partial charge in [-0.15, -0.1) is 0 Å². The highest BCUT2D eigenvalue weighted by molar-refractivity contribution is 5.89. The molecule has 1 aliphatic heterocycles. The van der Waals surface area contributed by atoms with Crippen molar-refractivity contribution in [1.29, 1.82) is 0 Å². The van der Waals surface area contributed by atoms with E-state index in [1.807, 2.05) is 0 Å². The van der Waals surface area contributed by atoms with Crippen LogP contribution in [-0.4, -0.2) is 39.6 Å². The molecule has 152 valence electrons. The summed E-state index contributed by atoms with van der Waals surface area (Å²) in [5.41, 5.74) is 1.17. The molecule has 1 aromatic carbocycles. The van der Waals surface area contributed by atoms with Crippen LogP contribution >= 0.6 is 0 Å². The van der Waals surface area contributed by atoms with Crippen LogP contribution in [0, 0.1) is 23.7 Å². The van der Waals surface area contributed by atoms with Crippen molar-refractivity contribution < 1.29 is 27.9 Å². The number of rotatable bonds is 2. The second-order valence-corrected chi connectivity index (χ2v) is 8.13. The van der Waals surface area contributed by atoms with E-state index >= 15 is 0 Å². The van der Waals surface area contributed by atoms with Crippen LogP contribution in [0.4, 0.5) is 13.2 Å². The maximum Gasteiger partial charge on any atom is 0.414 e. The molecule has 3 aliphatic rings. The number of hydrogen-bond donors (Lipinski definition) is 2. The summed E-state index contributed by atoms with van der Waals surface area (Å²) < 4.78 is 42.4. The Morgan fingerprint density at radius 1 is 1.10 bits per heavy atom. The topological polar surface area (TPSA) is 73.4 Å². The first-order chi connectivity index (χ1) is 13.8. The molecule has 1 saturated carbocycles. The Balaban J connectivity index is 1.57. The molecule has 2 heterocycles. The lowest BCUT2D eigenvalue weighted by Crippen LogP contribution is -2.51. The molecule has 0 saturated heterocycles. The Morgan fingerprint density at radius 2 is 1.79 bits per heavy atom. The summed E-state index contributed by atoms with van der Waals surface area (Å²) in [6.07, 6.45) is -0.298. The number of allylic oxidation sites excluding steroid dienone is 2. The number of aromatic nitrogens is 1. The van der Waals surface area contributed by atoms with E-state index in [-0.39, 0.29) is 24.1 Å². The second kappa shape index (κ2) is 6.11. The van der Waals surface area contributed by atoms with Crippen LogP contribution in [0.25, 0.3) is 10.9 Å². The van der Waals surface area contributed by atoms with Crippen molar-refractivity contribution in [2.75, 3.05) is 6.54 Å². The Labute approximate surface area is 164 Å². The Bertz CT molecular complexity index is 1040. The number of hydrogen-bond acceptors (Lipinski definition) is 2. The van der Waals surface area contributed by atoms with Crippen molar-refractivity contribution in [1.82, 2.24) is 9.88 Å². The van der Waals surface area contributed by atoms with Crippen molar-refractivity contribution in [3.05, 3.63) is 47.7 Å². The molecule has 29 heavy (non-hydrogen) atoms. The zero-order valence-electron chi connectivity index (χ0n) is 15.3. The van der Waals surface area contributed by atoms with Gasteiger partial charge in [-0.2, -0.15) is 13.2 Å². The lowest BCUT2D eigenvalue weighted by Gasteiger charge is -2.39. The van der Waals surface area contributed by atoms with Crippen LogP contribution < -0.4 is 0 Å². The van der Waals surface area contributed by atoms with Crippen molar-refractivity contribution in [3.63, 3.8) is 0 Å². The molecular weight excluding hydrogens is 385 g/mol. The molecule has 1 aromatic heterocycles. The van der Waals surface area contributed by atoms with Gasteiger partial charge in [0.25, 0.3) is 0 Å². The number of aromatic amines is 1. The van der Waals surface area contributed by atoms with Crippen molar-refractivity contribution in [2.24, 2.45) is 23.7 Å². The standard InChI is InChI=1S/C21H19F3N2O3/c22-21(23,24)18-17-13(12-3-1-2-4-14(12)25-17)7-8-26(18)19(27)15-10-5-6-11(9-10)16(15)20(28)29/h1-6,10-11,15-16,18,25H,7-9H2,(H,28,29)/t10-,11+,15-,16-,18+/m0/s1. The van der Waals surface area contributed by atoms with Crippen LogP contribution in [0.15, 0.2) is 36.4 Å². The SMILES string of the molecule is O=C(O)[C@@H]1[C@@H](C(=O)N2CCc3c([nH]c4ccccc34)[C@@H]2C(F)(F)F)[C@H]2C=C[C@@H]1C2. The van der Waals surface area contributed by atoms with Gasteiger partial charge < -0.3 is 15.0 Å². The summed E-state index contributed by atoms with van der Waals surface area (Å²) in [6, 6.07) is 4.92. The first kappa shape index (κ1) is 18.3. The predicted octanol–water partition coefficient (Wildman–Crippen LogP) is 3.68. The second-order valence-electron chi connectivity index (χ2n) is 8.13. The fourth-order valence-electron chi connectivity index (χ4n) is 5.51. The van der Waals surface area contributed by atoms with Gasteiger partial charge in [0.05, 0.1) is 17.5 Å². The summed E-state index contributed by atoms with van der Waals surface area (Å²) in [5.74, 6) is -4.34. The predicted molar refractivity (Wildman–Crippen MR) is 97.9 cm³/mol. The minimum atomic E-state index is -4.67. The fourth-order valence-corrected chi connectivity index (χ4v) is 5.51. The highest BCUT2D eigenvalue weighted by Crippen LogP contribution is 2.51. The molecule has 1 fully saturated rings. The molecule has 5 atom stereocenters. The van der Waals surface area contributed by atoms with Crippen LogP contribution in [0.5, 0.6) is 0 Å². The van der Waals surface area contributed by atoms with Gasteiger partial charge in [0, 0.05) is 17.4 Å². The smallest absolute Gasteiger partial charge is 0.414 e. The molecule has 2 aromatic rings. The minimum Gasteiger partial charge on any atom is -0.481 e. The van der Waals surface area contributed by atoms with Crippen molar-refractivity contribution in [3.8, 4) is 0 Å². The van der Waals surface area contributed by atoms with E-state index in [1.165, 1.54) is 0 Å². The molecule has 2 N–H and O–H groups in total. The molecule has 5 nitrogen and oxygen atoms in total. The van der Waals surface area contributed by atoms with E-state index < -0.39 is 35.9 Å². The Hall–Kier alpha value is -2.77. The van der Waals surface area contributed by atoms with E-state index in [1.54, 1.807) is 36.4 Å².